The van der Waals surface area contributed by atoms with E-state index in [1.165, 1.54) is 11.8 Å². The van der Waals surface area contributed by atoms with E-state index in [1.807, 2.05) is 36.6 Å². The summed E-state index contributed by atoms with van der Waals surface area (Å²) in [6.07, 6.45) is 1.67. The average molecular weight is 334 g/mol. The summed E-state index contributed by atoms with van der Waals surface area (Å²) in [6.45, 7) is 4.09. The minimum absolute atomic E-state index is 0.108. The van der Waals surface area contributed by atoms with E-state index in [4.69, 9.17) is 0 Å². The molecule has 1 N–H and O–H groups in total. The first-order valence-corrected chi connectivity index (χ1v) is 8.40. The molecule has 114 valence electrons. The van der Waals surface area contributed by atoms with Gasteiger partial charge in [-0.15, -0.1) is 10.2 Å². The molecule has 0 radical (unpaired) electrons. The summed E-state index contributed by atoms with van der Waals surface area (Å²) in [4.78, 5) is 12.1. The smallest absolute Gasteiger partial charge is 0.234 e. The SMILES string of the molecule is CC(C)n1cnnc1SCC(=O)Nc1cccc2nsnc12. The number of fused-ring (bicyclic) bond motifs is 1. The average Bonchev–Trinajstić information content (AvgIpc) is 3.14. The lowest BCUT2D eigenvalue weighted by Gasteiger charge is -2.09. The van der Waals surface area contributed by atoms with Crippen molar-refractivity contribution in [1.82, 2.24) is 23.5 Å². The summed E-state index contributed by atoms with van der Waals surface area (Å²) in [7, 11) is 0. The Morgan fingerprint density at radius 1 is 1.41 bits per heavy atom. The fourth-order valence-corrected chi connectivity index (χ4v) is 3.31. The van der Waals surface area contributed by atoms with Gasteiger partial charge in [0.15, 0.2) is 5.16 Å². The van der Waals surface area contributed by atoms with Crippen LogP contribution >= 0.6 is 23.5 Å². The minimum Gasteiger partial charge on any atom is -0.323 e. The first kappa shape index (κ1) is 14.9. The molecule has 1 aromatic carbocycles. The van der Waals surface area contributed by atoms with E-state index in [0.29, 0.717) is 5.69 Å². The molecule has 0 fully saturated rings. The van der Waals surface area contributed by atoms with Crippen molar-refractivity contribution in [2.45, 2.75) is 25.0 Å². The lowest BCUT2D eigenvalue weighted by atomic mass is 10.2. The van der Waals surface area contributed by atoms with E-state index in [0.717, 1.165) is 27.9 Å². The predicted molar refractivity (Wildman–Crippen MR) is 87.2 cm³/mol. The van der Waals surface area contributed by atoms with Gasteiger partial charge in [-0.1, -0.05) is 17.8 Å². The Morgan fingerprint density at radius 3 is 3.09 bits per heavy atom. The second-order valence-corrected chi connectivity index (χ2v) is 6.36. The van der Waals surface area contributed by atoms with Gasteiger partial charge in [0.25, 0.3) is 0 Å². The number of anilines is 1. The summed E-state index contributed by atoms with van der Waals surface area (Å²) < 4.78 is 10.3. The quantitative estimate of drug-likeness (QED) is 0.722. The van der Waals surface area contributed by atoms with E-state index in [2.05, 4.69) is 24.3 Å². The zero-order valence-corrected chi connectivity index (χ0v) is 13.7. The van der Waals surface area contributed by atoms with Gasteiger partial charge in [-0.05, 0) is 26.0 Å². The number of carbonyl (C=O) groups is 1. The number of amides is 1. The Balaban J connectivity index is 1.65. The van der Waals surface area contributed by atoms with Crippen molar-refractivity contribution in [2.75, 3.05) is 11.1 Å². The third-order valence-electron chi connectivity index (χ3n) is 2.99. The molecule has 2 heterocycles. The van der Waals surface area contributed by atoms with Gasteiger partial charge in [-0.2, -0.15) is 8.75 Å². The Bertz CT molecular complexity index is 797. The second kappa shape index (κ2) is 6.41. The molecule has 2 aromatic heterocycles. The molecule has 0 atom stereocenters. The van der Waals surface area contributed by atoms with Crippen LogP contribution in [0, 0.1) is 0 Å². The van der Waals surface area contributed by atoms with Crippen molar-refractivity contribution in [3.05, 3.63) is 24.5 Å². The molecule has 22 heavy (non-hydrogen) atoms. The normalized spacial score (nSPS) is 11.2. The fraction of sp³-hybridized carbons (Fsp3) is 0.308. The van der Waals surface area contributed by atoms with Gasteiger partial charge in [0.2, 0.25) is 5.91 Å². The molecule has 1 amide bonds. The lowest BCUT2D eigenvalue weighted by Crippen LogP contribution is -2.15. The molecule has 3 rings (SSSR count). The van der Waals surface area contributed by atoms with Crippen molar-refractivity contribution < 1.29 is 4.79 Å². The fourth-order valence-electron chi connectivity index (χ4n) is 1.91. The van der Waals surface area contributed by atoms with Crippen LogP contribution in [-0.2, 0) is 4.79 Å². The van der Waals surface area contributed by atoms with Crippen molar-refractivity contribution in [1.29, 1.82) is 0 Å². The number of thioether (sulfide) groups is 1. The number of nitrogens with zero attached hydrogens (tertiary/aromatic N) is 5. The highest BCUT2D eigenvalue weighted by Crippen LogP contribution is 2.22. The Morgan fingerprint density at radius 2 is 2.27 bits per heavy atom. The van der Waals surface area contributed by atoms with Crippen LogP contribution < -0.4 is 5.32 Å². The molecule has 0 saturated carbocycles. The number of nitrogens with one attached hydrogen (secondary N) is 1. The standard InChI is InChI=1S/C13H14N6OS2/c1-8(2)19-7-14-16-13(19)21-6-11(20)15-9-4-3-5-10-12(9)18-22-17-10/h3-5,7-8H,6H2,1-2H3,(H,15,20). The molecule has 0 bridgehead atoms. The van der Waals surface area contributed by atoms with Crippen molar-refractivity contribution in [3.8, 4) is 0 Å². The van der Waals surface area contributed by atoms with Crippen LogP contribution in [0.25, 0.3) is 11.0 Å². The van der Waals surface area contributed by atoms with E-state index < -0.39 is 0 Å². The monoisotopic (exact) mass is 334 g/mol. The highest BCUT2D eigenvalue weighted by molar-refractivity contribution is 7.99. The first-order valence-electron chi connectivity index (χ1n) is 6.68. The van der Waals surface area contributed by atoms with Crippen LogP contribution in [0.15, 0.2) is 29.7 Å². The molecular weight excluding hydrogens is 320 g/mol. The third-order valence-corrected chi connectivity index (χ3v) is 4.49. The molecule has 0 unspecified atom stereocenters. The number of benzene rings is 1. The maximum atomic E-state index is 12.1. The Labute approximate surface area is 135 Å². The molecule has 7 nitrogen and oxygen atoms in total. The number of hydrogen-bond donors (Lipinski definition) is 1. The van der Waals surface area contributed by atoms with Gasteiger partial charge < -0.3 is 9.88 Å². The molecule has 0 aliphatic rings. The maximum Gasteiger partial charge on any atom is 0.234 e. The molecule has 0 saturated heterocycles. The van der Waals surface area contributed by atoms with Crippen molar-refractivity contribution in [3.63, 3.8) is 0 Å². The topological polar surface area (TPSA) is 85.6 Å². The van der Waals surface area contributed by atoms with Gasteiger partial charge in [-0.3, -0.25) is 4.79 Å². The van der Waals surface area contributed by atoms with E-state index in [-0.39, 0.29) is 17.7 Å². The predicted octanol–water partition coefficient (Wildman–Crippen LogP) is 2.59. The van der Waals surface area contributed by atoms with Crippen molar-refractivity contribution >= 4 is 46.1 Å². The number of rotatable bonds is 5. The number of carbonyl (C=O) groups excluding carboxylic acids is 1. The molecule has 0 aliphatic heterocycles. The van der Waals surface area contributed by atoms with Crippen LogP contribution in [0.2, 0.25) is 0 Å². The zero-order valence-electron chi connectivity index (χ0n) is 12.1. The van der Waals surface area contributed by atoms with E-state index in [1.54, 1.807) is 6.33 Å². The highest BCUT2D eigenvalue weighted by Gasteiger charge is 2.12. The third kappa shape index (κ3) is 3.09. The van der Waals surface area contributed by atoms with E-state index >= 15 is 0 Å². The molecule has 3 aromatic rings. The summed E-state index contributed by atoms with van der Waals surface area (Å²) in [5.41, 5.74) is 2.19. The van der Waals surface area contributed by atoms with Crippen LogP contribution in [0.1, 0.15) is 19.9 Å². The van der Waals surface area contributed by atoms with Gasteiger partial charge in [0.05, 0.1) is 23.2 Å². The highest BCUT2D eigenvalue weighted by atomic mass is 32.2. The summed E-state index contributed by atoms with van der Waals surface area (Å²) in [6, 6.07) is 5.80. The molecule has 0 spiro atoms. The maximum absolute atomic E-state index is 12.1. The van der Waals surface area contributed by atoms with Gasteiger partial charge in [0.1, 0.15) is 17.4 Å². The van der Waals surface area contributed by atoms with Crippen LogP contribution in [0.3, 0.4) is 0 Å². The van der Waals surface area contributed by atoms with Gasteiger partial charge in [0, 0.05) is 6.04 Å². The summed E-state index contributed by atoms with van der Waals surface area (Å²) in [5.74, 6) is 0.156. The van der Waals surface area contributed by atoms with Crippen molar-refractivity contribution in [2.24, 2.45) is 0 Å². The second-order valence-electron chi connectivity index (χ2n) is 4.89. The van der Waals surface area contributed by atoms with Crippen LogP contribution in [-0.4, -0.2) is 35.2 Å². The molecular formula is C13H14N6OS2. The van der Waals surface area contributed by atoms with Crippen LogP contribution in [0.5, 0.6) is 0 Å². The minimum atomic E-state index is -0.108. The van der Waals surface area contributed by atoms with E-state index in [9.17, 15) is 4.79 Å². The lowest BCUT2D eigenvalue weighted by molar-refractivity contribution is -0.113. The largest absolute Gasteiger partial charge is 0.323 e. The zero-order chi connectivity index (χ0) is 15.5. The van der Waals surface area contributed by atoms with Crippen LogP contribution in [0.4, 0.5) is 5.69 Å². The molecule has 0 aliphatic carbocycles. The Kier molecular flexibility index (Phi) is 4.34. The number of hydrogen-bond acceptors (Lipinski definition) is 7. The number of aromatic nitrogens is 5. The molecule has 9 heteroatoms. The first-order chi connectivity index (χ1) is 10.6. The summed E-state index contributed by atoms with van der Waals surface area (Å²) >= 11 is 2.49. The van der Waals surface area contributed by atoms with Gasteiger partial charge in [-0.25, -0.2) is 0 Å². The Hall–Kier alpha value is -2.00. The summed E-state index contributed by atoms with van der Waals surface area (Å²) in [5, 5.41) is 11.5. The van der Waals surface area contributed by atoms with Gasteiger partial charge >= 0.3 is 0 Å².